The quantitative estimate of drug-likeness (QED) is 0.270. The molecule has 0 bridgehead atoms. The van der Waals surface area contributed by atoms with Gasteiger partial charge in [0, 0.05) is 0 Å². The highest BCUT2D eigenvalue weighted by atomic mass is 13.9. The Bertz CT molecular complexity index is 156. The summed E-state index contributed by atoms with van der Waals surface area (Å²) in [5, 5.41) is 0. The number of unbranched alkanes of at least 4 members (excludes halogenated alkanes) is 8. The van der Waals surface area contributed by atoms with Crippen molar-refractivity contribution in [1.29, 1.82) is 0 Å². The minimum atomic E-state index is 1.26. The number of allylic oxidation sites excluding steroid dienone is 4. The van der Waals surface area contributed by atoms with E-state index in [0.717, 1.165) is 0 Å². The highest BCUT2D eigenvalue weighted by molar-refractivity contribution is 4.85. The van der Waals surface area contributed by atoms with Crippen molar-refractivity contribution in [3.63, 3.8) is 0 Å². The molecule has 0 atom stereocenters. The molecule has 0 heterocycles. The van der Waals surface area contributed by atoms with Crippen LogP contribution in [0.25, 0.3) is 0 Å². The molecule has 0 nitrogen and oxygen atoms in total. The third-order valence-electron chi connectivity index (χ3n) is 3.02. The fourth-order valence-electron chi connectivity index (χ4n) is 1.85. The fourth-order valence-corrected chi connectivity index (χ4v) is 1.85. The van der Waals surface area contributed by atoms with Gasteiger partial charge in [0.1, 0.15) is 0 Å². The number of hydrogen-bond acceptors (Lipinski definition) is 0. The van der Waals surface area contributed by atoms with Gasteiger partial charge in [0.25, 0.3) is 0 Å². The molecule has 0 fully saturated rings. The van der Waals surface area contributed by atoms with Crippen LogP contribution in [0.15, 0.2) is 24.3 Å². The van der Waals surface area contributed by atoms with Crippen molar-refractivity contribution in [2.75, 3.05) is 0 Å². The van der Waals surface area contributed by atoms with E-state index in [2.05, 4.69) is 38.2 Å². The van der Waals surface area contributed by atoms with Gasteiger partial charge in [-0.25, -0.2) is 0 Å². The van der Waals surface area contributed by atoms with Crippen molar-refractivity contribution in [2.24, 2.45) is 0 Å². The third kappa shape index (κ3) is 15.5. The Balaban J connectivity index is 3.11. The molecule has 0 aromatic heterocycles. The van der Waals surface area contributed by atoms with E-state index in [1.54, 1.807) is 0 Å². The normalized spacial score (nSPS) is 11.9. The molecule has 0 amide bonds. The van der Waals surface area contributed by atoms with E-state index >= 15 is 0 Å². The first kappa shape index (κ1) is 16.5. The van der Waals surface area contributed by atoms with E-state index in [1.165, 1.54) is 70.6 Å². The van der Waals surface area contributed by atoms with Crippen LogP contribution in [-0.2, 0) is 0 Å². The summed E-state index contributed by atoms with van der Waals surface area (Å²) in [4.78, 5) is 0. The smallest absolute Gasteiger partial charge is 0.0348 e. The maximum absolute atomic E-state index is 2.36. The second-order valence-electron chi connectivity index (χ2n) is 4.87. The van der Waals surface area contributed by atoms with Crippen molar-refractivity contribution >= 4 is 0 Å². The summed E-state index contributed by atoms with van der Waals surface area (Å²) >= 11 is 0. The Kier molecular flexibility index (Phi) is 15.0. The van der Waals surface area contributed by atoms with Crippen LogP contribution in [0.1, 0.15) is 84.5 Å². The molecule has 0 N–H and O–H groups in total. The van der Waals surface area contributed by atoms with Gasteiger partial charge in [-0.1, -0.05) is 63.8 Å². The lowest BCUT2D eigenvalue weighted by molar-refractivity contribution is 0.725. The van der Waals surface area contributed by atoms with Crippen molar-refractivity contribution < 1.29 is 0 Å². The predicted octanol–water partition coefficient (Wildman–Crippen LogP) is 6.43. The van der Waals surface area contributed by atoms with Crippen LogP contribution < -0.4 is 0 Å². The average Bonchev–Trinajstić information content (AvgIpc) is 2.35. The molecule has 100 valence electrons. The van der Waals surface area contributed by atoms with E-state index < -0.39 is 0 Å². The maximum Gasteiger partial charge on any atom is -0.0348 e. The van der Waals surface area contributed by atoms with Gasteiger partial charge in [-0.15, -0.1) is 0 Å². The number of hydrogen-bond donors (Lipinski definition) is 0. The van der Waals surface area contributed by atoms with Crippen LogP contribution in [0.5, 0.6) is 0 Å². The molecule has 0 saturated heterocycles. The first-order valence-corrected chi connectivity index (χ1v) is 7.71. The zero-order valence-electron chi connectivity index (χ0n) is 12.1. The lowest BCUT2D eigenvalue weighted by Gasteiger charge is -1.94. The molecule has 0 aromatic rings. The topological polar surface area (TPSA) is 0 Å². The van der Waals surface area contributed by atoms with Crippen LogP contribution >= 0.6 is 0 Å². The van der Waals surface area contributed by atoms with Gasteiger partial charge in [0.2, 0.25) is 0 Å². The van der Waals surface area contributed by atoms with Crippen LogP contribution in [0.3, 0.4) is 0 Å². The second kappa shape index (κ2) is 15.5. The van der Waals surface area contributed by atoms with Crippen molar-refractivity contribution in [1.82, 2.24) is 0 Å². The monoisotopic (exact) mass is 236 g/mol. The molecule has 0 heteroatoms. The summed E-state index contributed by atoms with van der Waals surface area (Å²) in [6.07, 6.45) is 24.0. The van der Waals surface area contributed by atoms with Crippen molar-refractivity contribution in [2.45, 2.75) is 84.5 Å². The standard InChI is InChI=1S/C17H32/c1-3-5-7-9-11-13-15-17-16-14-12-10-8-6-4-2/h11-14H,3-10,15-17H2,1-2H3/b13-11+,14-12+. The van der Waals surface area contributed by atoms with Gasteiger partial charge in [0.05, 0.1) is 0 Å². The molecular formula is C17H32. The highest BCUT2D eigenvalue weighted by Crippen LogP contribution is 2.04. The van der Waals surface area contributed by atoms with E-state index in [9.17, 15) is 0 Å². The van der Waals surface area contributed by atoms with Gasteiger partial charge < -0.3 is 0 Å². The minimum absolute atomic E-state index is 1.26. The van der Waals surface area contributed by atoms with E-state index in [1.807, 2.05) is 0 Å². The maximum atomic E-state index is 2.36. The van der Waals surface area contributed by atoms with Crippen LogP contribution in [0.2, 0.25) is 0 Å². The molecule has 17 heavy (non-hydrogen) atoms. The van der Waals surface area contributed by atoms with E-state index in [4.69, 9.17) is 0 Å². The Morgan fingerprint density at radius 2 is 0.824 bits per heavy atom. The van der Waals surface area contributed by atoms with Gasteiger partial charge >= 0.3 is 0 Å². The average molecular weight is 236 g/mol. The first-order chi connectivity index (χ1) is 8.41. The Morgan fingerprint density at radius 1 is 0.471 bits per heavy atom. The largest absolute Gasteiger partial charge is 0.0885 e. The zero-order chi connectivity index (χ0) is 12.6. The summed E-state index contributed by atoms with van der Waals surface area (Å²) < 4.78 is 0. The fraction of sp³-hybridized carbons (Fsp3) is 0.765. The third-order valence-corrected chi connectivity index (χ3v) is 3.02. The highest BCUT2D eigenvalue weighted by Gasteiger charge is 1.84. The van der Waals surface area contributed by atoms with E-state index in [0.29, 0.717) is 0 Å². The van der Waals surface area contributed by atoms with Gasteiger partial charge in [-0.2, -0.15) is 0 Å². The lowest BCUT2D eigenvalue weighted by Crippen LogP contribution is -1.73. The zero-order valence-corrected chi connectivity index (χ0v) is 12.1. The minimum Gasteiger partial charge on any atom is -0.0885 e. The summed E-state index contributed by atoms with van der Waals surface area (Å²) in [6.45, 7) is 4.52. The van der Waals surface area contributed by atoms with E-state index in [-0.39, 0.29) is 0 Å². The second-order valence-corrected chi connectivity index (χ2v) is 4.87. The Hall–Kier alpha value is -0.520. The molecule has 0 aliphatic rings. The molecule has 0 unspecified atom stereocenters. The molecule has 0 aromatic carbocycles. The summed E-state index contributed by atoms with van der Waals surface area (Å²) in [6, 6.07) is 0. The Labute approximate surface area is 109 Å². The van der Waals surface area contributed by atoms with Crippen LogP contribution in [0.4, 0.5) is 0 Å². The summed E-state index contributed by atoms with van der Waals surface area (Å²) in [5.74, 6) is 0. The lowest BCUT2D eigenvalue weighted by atomic mass is 10.1. The SMILES string of the molecule is CCCCC/C=C/CCC/C=C/CCCCC. The van der Waals surface area contributed by atoms with Crippen LogP contribution in [0, 0.1) is 0 Å². The molecule has 0 aliphatic carbocycles. The predicted molar refractivity (Wildman–Crippen MR) is 80.4 cm³/mol. The summed E-state index contributed by atoms with van der Waals surface area (Å²) in [5.41, 5.74) is 0. The summed E-state index contributed by atoms with van der Waals surface area (Å²) in [7, 11) is 0. The Morgan fingerprint density at radius 3 is 1.18 bits per heavy atom. The first-order valence-electron chi connectivity index (χ1n) is 7.71. The van der Waals surface area contributed by atoms with Gasteiger partial charge in [-0.3, -0.25) is 0 Å². The number of rotatable bonds is 12. The van der Waals surface area contributed by atoms with Gasteiger partial charge in [0.15, 0.2) is 0 Å². The molecule has 0 aliphatic heterocycles. The molecule has 0 radical (unpaired) electrons. The van der Waals surface area contributed by atoms with Gasteiger partial charge in [-0.05, 0) is 44.9 Å². The van der Waals surface area contributed by atoms with Crippen molar-refractivity contribution in [3.05, 3.63) is 24.3 Å². The molecular weight excluding hydrogens is 204 g/mol. The molecule has 0 spiro atoms. The van der Waals surface area contributed by atoms with Crippen molar-refractivity contribution in [3.8, 4) is 0 Å². The van der Waals surface area contributed by atoms with Crippen LogP contribution in [-0.4, -0.2) is 0 Å². The molecule has 0 saturated carbocycles. The molecule has 0 rings (SSSR count).